The fraction of sp³-hybridized carbons (Fsp3) is 0.167. The summed E-state index contributed by atoms with van der Waals surface area (Å²) in [4.78, 5) is 0.422. The third-order valence-electron chi connectivity index (χ3n) is 2.45. The zero-order valence-electron chi connectivity index (χ0n) is 9.27. The SMILES string of the molecule is Cc1ccn(-c2ccc(C(N)=S)cc2C)n1. The fourth-order valence-electron chi connectivity index (χ4n) is 1.62. The number of aryl methyl sites for hydroxylation is 2. The summed E-state index contributed by atoms with van der Waals surface area (Å²) in [6, 6.07) is 7.85. The second-order valence-corrected chi connectivity index (χ2v) is 4.21. The van der Waals surface area contributed by atoms with Gasteiger partial charge in [-0.1, -0.05) is 12.2 Å². The van der Waals surface area contributed by atoms with Crippen molar-refractivity contribution in [3.05, 3.63) is 47.3 Å². The summed E-state index contributed by atoms with van der Waals surface area (Å²) in [6.07, 6.45) is 1.94. The van der Waals surface area contributed by atoms with Crippen molar-refractivity contribution in [2.24, 2.45) is 5.73 Å². The van der Waals surface area contributed by atoms with Crippen molar-refractivity contribution in [1.82, 2.24) is 9.78 Å². The quantitative estimate of drug-likeness (QED) is 0.805. The van der Waals surface area contributed by atoms with Crippen molar-refractivity contribution in [2.75, 3.05) is 0 Å². The van der Waals surface area contributed by atoms with Crippen LogP contribution in [0, 0.1) is 13.8 Å². The second kappa shape index (κ2) is 4.06. The lowest BCUT2D eigenvalue weighted by Gasteiger charge is -2.07. The van der Waals surface area contributed by atoms with Gasteiger partial charge in [-0.2, -0.15) is 5.10 Å². The third-order valence-corrected chi connectivity index (χ3v) is 2.69. The highest BCUT2D eigenvalue weighted by atomic mass is 32.1. The van der Waals surface area contributed by atoms with E-state index in [1.165, 1.54) is 0 Å². The van der Waals surface area contributed by atoms with E-state index >= 15 is 0 Å². The van der Waals surface area contributed by atoms with Gasteiger partial charge in [-0.15, -0.1) is 0 Å². The molecular formula is C12H13N3S. The summed E-state index contributed by atoms with van der Waals surface area (Å²) < 4.78 is 1.86. The lowest BCUT2D eigenvalue weighted by Crippen LogP contribution is -2.10. The van der Waals surface area contributed by atoms with Gasteiger partial charge in [-0.25, -0.2) is 4.68 Å². The first-order chi connectivity index (χ1) is 7.58. The highest BCUT2D eigenvalue weighted by molar-refractivity contribution is 7.80. The van der Waals surface area contributed by atoms with Gasteiger partial charge in [0.2, 0.25) is 0 Å². The molecule has 1 aromatic heterocycles. The summed E-state index contributed by atoms with van der Waals surface area (Å²) in [5.41, 5.74) is 9.63. The largest absolute Gasteiger partial charge is 0.389 e. The predicted octanol–water partition coefficient (Wildman–Crippen LogP) is 2.12. The zero-order chi connectivity index (χ0) is 11.7. The molecule has 0 unspecified atom stereocenters. The Morgan fingerprint density at radius 3 is 2.56 bits per heavy atom. The molecule has 0 saturated heterocycles. The predicted molar refractivity (Wildman–Crippen MR) is 68.9 cm³/mol. The Morgan fingerprint density at radius 1 is 1.31 bits per heavy atom. The van der Waals surface area contributed by atoms with Crippen molar-refractivity contribution in [3.63, 3.8) is 0 Å². The topological polar surface area (TPSA) is 43.8 Å². The summed E-state index contributed by atoms with van der Waals surface area (Å²) in [5, 5.41) is 4.37. The highest BCUT2D eigenvalue weighted by Crippen LogP contribution is 2.15. The van der Waals surface area contributed by atoms with Crippen LogP contribution < -0.4 is 5.73 Å². The minimum atomic E-state index is 0.422. The first-order valence-electron chi connectivity index (χ1n) is 5.01. The number of aromatic nitrogens is 2. The molecule has 4 heteroatoms. The van der Waals surface area contributed by atoms with Gasteiger partial charge in [-0.05, 0) is 43.7 Å². The molecule has 0 saturated carbocycles. The Balaban J connectivity index is 2.47. The van der Waals surface area contributed by atoms with Crippen molar-refractivity contribution >= 4 is 17.2 Å². The number of rotatable bonds is 2. The number of hydrogen-bond acceptors (Lipinski definition) is 2. The lowest BCUT2D eigenvalue weighted by atomic mass is 10.1. The average Bonchev–Trinajstić information content (AvgIpc) is 2.64. The molecule has 2 N–H and O–H groups in total. The van der Waals surface area contributed by atoms with Crippen LogP contribution in [0.4, 0.5) is 0 Å². The van der Waals surface area contributed by atoms with Crippen LogP contribution in [0.15, 0.2) is 30.5 Å². The minimum absolute atomic E-state index is 0.422. The Kier molecular flexibility index (Phi) is 2.75. The molecule has 1 heterocycles. The molecule has 1 aromatic carbocycles. The smallest absolute Gasteiger partial charge is 0.103 e. The monoisotopic (exact) mass is 231 g/mol. The van der Waals surface area contributed by atoms with Gasteiger partial charge in [0.1, 0.15) is 4.99 Å². The summed E-state index contributed by atoms with van der Waals surface area (Å²) in [6.45, 7) is 3.99. The Morgan fingerprint density at radius 2 is 2.06 bits per heavy atom. The van der Waals surface area contributed by atoms with Crippen LogP contribution in [-0.4, -0.2) is 14.8 Å². The molecule has 0 fully saturated rings. The Bertz CT molecular complexity index is 543. The van der Waals surface area contributed by atoms with Crippen LogP contribution in [0.1, 0.15) is 16.8 Å². The highest BCUT2D eigenvalue weighted by Gasteiger charge is 2.04. The zero-order valence-corrected chi connectivity index (χ0v) is 10.1. The van der Waals surface area contributed by atoms with Gasteiger partial charge in [0.25, 0.3) is 0 Å². The first-order valence-corrected chi connectivity index (χ1v) is 5.42. The van der Waals surface area contributed by atoms with E-state index in [-0.39, 0.29) is 0 Å². The van der Waals surface area contributed by atoms with E-state index in [4.69, 9.17) is 18.0 Å². The van der Waals surface area contributed by atoms with Gasteiger partial charge in [0, 0.05) is 11.8 Å². The molecular weight excluding hydrogens is 218 g/mol. The molecule has 0 spiro atoms. The van der Waals surface area contributed by atoms with Crippen molar-refractivity contribution < 1.29 is 0 Å². The third kappa shape index (κ3) is 1.97. The molecule has 3 nitrogen and oxygen atoms in total. The number of thiocarbonyl (C=S) groups is 1. The van der Waals surface area contributed by atoms with Gasteiger partial charge in [0.15, 0.2) is 0 Å². The maximum atomic E-state index is 5.58. The van der Waals surface area contributed by atoms with Gasteiger partial charge >= 0.3 is 0 Å². The van der Waals surface area contributed by atoms with Gasteiger partial charge in [0.05, 0.1) is 11.4 Å². The van der Waals surface area contributed by atoms with Crippen LogP contribution in [0.5, 0.6) is 0 Å². The molecule has 2 rings (SSSR count). The van der Waals surface area contributed by atoms with E-state index < -0.39 is 0 Å². The maximum absolute atomic E-state index is 5.58. The van der Waals surface area contributed by atoms with Gasteiger partial charge in [-0.3, -0.25) is 0 Å². The Hall–Kier alpha value is -1.68. The molecule has 0 amide bonds. The summed E-state index contributed by atoms with van der Waals surface area (Å²) >= 11 is 4.94. The average molecular weight is 231 g/mol. The molecule has 82 valence electrons. The molecule has 2 aromatic rings. The summed E-state index contributed by atoms with van der Waals surface area (Å²) in [7, 11) is 0. The van der Waals surface area contributed by atoms with Gasteiger partial charge < -0.3 is 5.73 Å². The molecule has 0 aliphatic carbocycles. The number of nitrogens with zero attached hydrogens (tertiary/aromatic N) is 2. The molecule has 0 bridgehead atoms. The van der Waals surface area contributed by atoms with E-state index in [2.05, 4.69) is 5.10 Å². The second-order valence-electron chi connectivity index (χ2n) is 3.77. The minimum Gasteiger partial charge on any atom is -0.389 e. The fourth-order valence-corrected chi connectivity index (χ4v) is 1.74. The van der Waals surface area contributed by atoms with Crippen LogP contribution >= 0.6 is 12.2 Å². The van der Waals surface area contributed by atoms with Crippen molar-refractivity contribution in [3.8, 4) is 5.69 Å². The van der Waals surface area contributed by atoms with Crippen molar-refractivity contribution in [1.29, 1.82) is 0 Å². The Labute approximate surface area is 99.9 Å². The number of benzene rings is 1. The van der Waals surface area contributed by atoms with E-state index in [9.17, 15) is 0 Å². The van der Waals surface area contributed by atoms with E-state index in [1.807, 2.05) is 49.0 Å². The number of hydrogen-bond donors (Lipinski definition) is 1. The van der Waals surface area contributed by atoms with Crippen LogP contribution in [0.3, 0.4) is 0 Å². The molecule has 0 aliphatic heterocycles. The normalized spacial score (nSPS) is 10.4. The van der Waals surface area contributed by atoms with E-state index in [1.54, 1.807) is 0 Å². The molecule has 16 heavy (non-hydrogen) atoms. The molecule has 0 aliphatic rings. The van der Waals surface area contributed by atoms with Crippen LogP contribution in [0.2, 0.25) is 0 Å². The number of nitrogens with two attached hydrogens (primary N) is 1. The van der Waals surface area contributed by atoms with Crippen molar-refractivity contribution in [2.45, 2.75) is 13.8 Å². The van der Waals surface area contributed by atoms with Crippen LogP contribution in [-0.2, 0) is 0 Å². The molecule has 0 radical (unpaired) electrons. The van der Waals surface area contributed by atoms with E-state index in [0.717, 1.165) is 22.5 Å². The first kappa shape index (κ1) is 10.8. The summed E-state index contributed by atoms with van der Waals surface area (Å²) in [5.74, 6) is 0. The van der Waals surface area contributed by atoms with Crippen LogP contribution in [0.25, 0.3) is 5.69 Å². The maximum Gasteiger partial charge on any atom is 0.103 e. The van der Waals surface area contributed by atoms with E-state index in [0.29, 0.717) is 4.99 Å². The standard InChI is InChI=1S/C12H13N3S/c1-8-7-10(12(13)16)3-4-11(8)15-6-5-9(2)14-15/h3-7H,1-2H3,(H2,13,16). The molecule has 0 atom stereocenters. The lowest BCUT2D eigenvalue weighted by molar-refractivity contribution is 0.855.